The Labute approximate surface area is 61.2 Å². The first kappa shape index (κ1) is 6.31. The maximum Gasteiger partial charge on any atom is 0 e. The van der Waals surface area contributed by atoms with E-state index in [2.05, 4.69) is 9.97 Å². The van der Waals surface area contributed by atoms with Gasteiger partial charge in [0.05, 0.1) is 0 Å². The molecule has 0 saturated carbocycles. The van der Waals surface area contributed by atoms with Crippen LogP contribution >= 0.6 is 0 Å². The molecule has 3 heteroatoms. The van der Waals surface area contributed by atoms with Gasteiger partial charge in [-0.05, 0) is 0 Å². The van der Waals surface area contributed by atoms with E-state index >= 15 is 0 Å². The Hall–Kier alpha value is 0.314. The minimum Gasteiger partial charge on any atom is -0.450 e. The predicted molar refractivity (Wildman–Crippen MR) is 17.6 cm³/mol. The van der Waals surface area contributed by atoms with E-state index in [0.717, 1.165) is 0 Å². The van der Waals surface area contributed by atoms with Crippen molar-refractivity contribution in [2.24, 2.45) is 0 Å². The van der Waals surface area contributed by atoms with Crippen LogP contribution in [0.25, 0.3) is 0 Å². The third-order valence-electron chi connectivity index (χ3n) is 0.372. The smallest absolute Gasteiger partial charge is 0 e. The number of nitrogens with zero attached hydrogens (tertiary/aromatic N) is 2. The maximum absolute atomic E-state index is 3.61. The van der Waals surface area contributed by atoms with Gasteiger partial charge in [0.1, 0.15) is 0 Å². The maximum atomic E-state index is 3.61. The Morgan fingerprint density at radius 1 is 1.50 bits per heavy atom. The molecule has 1 rings (SSSR count). The first-order chi connectivity index (χ1) is 2.50. The van der Waals surface area contributed by atoms with Crippen molar-refractivity contribution in [2.75, 3.05) is 0 Å². The summed E-state index contributed by atoms with van der Waals surface area (Å²) in [7, 11) is 0. The van der Waals surface area contributed by atoms with Crippen LogP contribution in [-0.4, -0.2) is 4.98 Å². The molecule has 0 aliphatic heterocycles. The molecule has 0 aliphatic carbocycles. The van der Waals surface area contributed by atoms with E-state index < -0.39 is 0 Å². The molecular formula is C3H3N2Y-. The topological polar surface area (TPSA) is 27.0 Å². The average molecular weight is 156 g/mol. The second-order valence-electron chi connectivity index (χ2n) is 0.712. The summed E-state index contributed by atoms with van der Waals surface area (Å²) in [4.78, 5) is 7.22. The van der Waals surface area contributed by atoms with Crippen LogP contribution in [0.2, 0.25) is 0 Å². The zero-order valence-electron chi connectivity index (χ0n) is 3.20. The molecule has 29 valence electrons. The number of rotatable bonds is 0. The molecule has 0 amide bonds. The van der Waals surface area contributed by atoms with Gasteiger partial charge >= 0.3 is 0 Å². The SMILES string of the molecule is [Y].c1c[n-]cn1. The van der Waals surface area contributed by atoms with E-state index in [1.807, 2.05) is 0 Å². The van der Waals surface area contributed by atoms with Crippen molar-refractivity contribution in [3.05, 3.63) is 18.7 Å². The Bertz CT molecular complexity index is 65.3. The van der Waals surface area contributed by atoms with E-state index in [1.54, 1.807) is 12.4 Å². The zero-order valence-corrected chi connectivity index (χ0v) is 6.04. The molecule has 0 atom stereocenters. The van der Waals surface area contributed by atoms with Gasteiger partial charge in [0.2, 0.25) is 0 Å². The Kier molecular flexibility index (Phi) is 3.69. The molecule has 0 N–H and O–H groups in total. The van der Waals surface area contributed by atoms with Crippen LogP contribution in [0.3, 0.4) is 0 Å². The van der Waals surface area contributed by atoms with Crippen LogP contribution in [0.1, 0.15) is 0 Å². The van der Waals surface area contributed by atoms with Crippen molar-refractivity contribution in [1.82, 2.24) is 9.97 Å². The summed E-state index contributed by atoms with van der Waals surface area (Å²) < 4.78 is 0. The fourth-order valence-corrected chi connectivity index (χ4v) is 0.192. The van der Waals surface area contributed by atoms with Crippen LogP contribution in [-0.2, 0) is 32.7 Å². The van der Waals surface area contributed by atoms with E-state index in [-0.39, 0.29) is 32.7 Å². The van der Waals surface area contributed by atoms with Gasteiger partial charge in [0.15, 0.2) is 0 Å². The molecule has 2 nitrogen and oxygen atoms in total. The minimum atomic E-state index is 0. The summed E-state index contributed by atoms with van der Waals surface area (Å²) in [5, 5.41) is 0. The van der Waals surface area contributed by atoms with E-state index in [4.69, 9.17) is 0 Å². The molecule has 1 heterocycles. The Balaban J connectivity index is 0.000000250. The summed E-state index contributed by atoms with van der Waals surface area (Å²) in [6.07, 6.45) is 4.78. The molecule has 0 aromatic carbocycles. The minimum absolute atomic E-state index is 0. The molecule has 0 saturated heterocycles. The second-order valence-corrected chi connectivity index (χ2v) is 0.712. The van der Waals surface area contributed by atoms with E-state index in [9.17, 15) is 0 Å². The first-order valence-corrected chi connectivity index (χ1v) is 1.37. The Morgan fingerprint density at radius 2 is 2.33 bits per heavy atom. The summed E-state index contributed by atoms with van der Waals surface area (Å²) in [6.45, 7) is 0. The first-order valence-electron chi connectivity index (χ1n) is 1.37. The zero-order chi connectivity index (χ0) is 3.54. The molecule has 1 aromatic rings. The van der Waals surface area contributed by atoms with Gasteiger partial charge in [0, 0.05) is 32.7 Å². The number of aromatic nitrogens is 2. The van der Waals surface area contributed by atoms with Crippen LogP contribution in [0.4, 0.5) is 0 Å². The van der Waals surface area contributed by atoms with E-state index in [1.165, 1.54) is 6.33 Å². The summed E-state index contributed by atoms with van der Waals surface area (Å²) in [5.41, 5.74) is 0. The normalized spacial score (nSPS) is 6.67. The van der Waals surface area contributed by atoms with Crippen LogP contribution in [0.5, 0.6) is 0 Å². The van der Waals surface area contributed by atoms with Gasteiger partial charge in [-0.3, -0.25) is 0 Å². The van der Waals surface area contributed by atoms with Crippen LogP contribution in [0, 0.1) is 0 Å². The quantitative estimate of drug-likeness (QED) is 0.530. The van der Waals surface area contributed by atoms with Crippen LogP contribution < -0.4 is 4.98 Å². The van der Waals surface area contributed by atoms with E-state index in [0.29, 0.717) is 0 Å². The molecule has 1 radical (unpaired) electrons. The largest absolute Gasteiger partial charge is 0.450 e. The molecule has 0 fully saturated rings. The molecule has 0 bridgehead atoms. The molecule has 0 spiro atoms. The Morgan fingerprint density at radius 3 is 2.50 bits per heavy atom. The predicted octanol–water partition coefficient (Wildman–Crippen LogP) is 0.0363. The molecule has 0 unspecified atom stereocenters. The van der Waals surface area contributed by atoms with Crippen molar-refractivity contribution in [3.63, 3.8) is 0 Å². The number of hydrogen-bond acceptors (Lipinski definition) is 1. The molecule has 0 aliphatic rings. The van der Waals surface area contributed by atoms with Crippen molar-refractivity contribution < 1.29 is 32.7 Å². The van der Waals surface area contributed by atoms with Crippen molar-refractivity contribution in [1.29, 1.82) is 0 Å². The number of imidazole rings is 1. The van der Waals surface area contributed by atoms with Gasteiger partial charge in [-0.1, -0.05) is 18.7 Å². The molecule has 1 aromatic heterocycles. The van der Waals surface area contributed by atoms with Gasteiger partial charge in [-0.15, -0.1) is 0 Å². The van der Waals surface area contributed by atoms with Gasteiger partial charge in [-0.25, -0.2) is 0 Å². The summed E-state index contributed by atoms with van der Waals surface area (Å²) >= 11 is 0. The molecular weight excluding hydrogens is 153 g/mol. The second kappa shape index (κ2) is 3.50. The third-order valence-corrected chi connectivity index (χ3v) is 0.372. The molecule has 6 heavy (non-hydrogen) atoms. The van der Waals surface area contributed by atoms with Crippen LogP contribution in [0.15, 0.2) is 18.7 Å². The monoisotopic (exact) mass is 156 g/mol. The summed E-state index contributed by atoms with van der Waals surface area (Å²) in [5.74, 6) is 0. The fraction of sp³-hybridized carbons (Fsp3) is 0. The fourth-order valence-electron chi connectivity index (χ4n) is 0.192. The third kappa shape index (κ3) is 1.68. The van der Waals surface area contributed by atoms with Gasteiger partial charge < -0.3 is 9.97 Å². The van der Waals surface area contributed by atoms with Crippen molar-refractivity contribution in [2.45, 2.75) is 0 Å². The van der Waals surface area contributed by atoms with Crippen molar-refractivity contribution >= 4 is 0 Å². The van der Waals surface area contributed by atoms with Crippen molar-refractivity contribution in [3.8, 4) is 0 Å². The van der Waals surface area contributed by atoms with Gasteiger partial charge in [0.25, 0.3) is 0 Å². The summed E-state index contributed by atoms with van der Waals surface area (Å²) in [6, 6.07) is 0. The standard InChI is InChI=1S/C3H3N2.Y/c1-2-5-3-4-1;/h1-3H;/q-1;. The number of hydrogen-bond donors (Lipinski definition) is 0. The van der Waals surface area contributed by atoms with Gasteiger partial charge in [-0.2, -0.15) is 0 Å². The average Bonchev–Trinajstić information content (AvgIpc) is 1.76.